The van der Waals surface area contributed by atoms with Gasteiger partial charge in [-0.25, -0.2) is 0 Å². The first-order valence-corrected chi connectivity index (χ1v) is 6.66. The molecule has 4 nitrogen and oxygen atoms in total. The predicted molar refractivity (Wildman–Crippen MR) is 70.1 cm³/mol. The van der Waals surface area contributed by atoms with E-state index in [1.54, 1.807) is 7.11 Å². The summed E-state index contributed by atoms with van der Waals surface area (Å²) in [4.78, 5) is 0. The maximum absolute atomic E-state index is 5.73. The summed E-state index contributed by atoms with van der Waals surface area (Å²) in [6, 6.07) is 0.958. The van der Waals surface area contributed by atoms with E-state index in [4.69, 9.17) is 15.2 Å². The molecule has 2 atom stereocenters. The highest BCUT2D eigenvalue weighted by atomic mass is 16.5. The highest BCUT2D eigenvalue weighted by Crippen LogP contribution is 2.24. The standard InChI is InChI=1S/C13H28N2O2/c1-13(2)9-11(6-8-17-13)15-12(10-16-3)5-4-7-14/h11-12,15H,4-10,14H2,1-3H3. The summed E-state index contributed by atoms with van der Waals surface area (Å²) >= 11 is 0. The zero-order valence-electron chi connectivity index (χ0n) is 11.5. The van der Waals surface area contributed by atoms with E-state index in [2.05, 4.69) is 19.2 Å². The molecule has 0 amide bonds. The lowest BCUT2D eigenvalue weighted by Crippen LogP contribution is -2.48. The van der Waals surface area contributed by atoms with E-state index in [1.807, 2.05) is 0 Å². The fourth-order valence-corrected chi connectivity index (χ4v) is 2.49. The Morgan fingerprint density at radius 2 is 2.29 bits per heavy atom. The van der Waals surface area contributed by atoms with Gasteiger partial charge in [-0.3, -0.25) is 0 Å². The van der Waals surface area contributed by atoms with E-state index in [0.717, 1.165) is 45.4 Å². The number of rotatable bonds is 7. The van der Waals surface area contributed by atoms with Gasteiger partial charge < -0.3 is 20.5 Å². The molecule has 0 radical (unpaired) electrons. The smallest absolute Gasteiger partial charge is 0.0641 e. The molecule has 17 heavy (non-hydrogen) atoms. The molecule has 0 spiro atoms. The largest absolute Gasteiger partial charge is 0.383 e. The van der Waals surface area contributed by atoms with Crippen LogP contribution in [0.15, 0.2) is 0 Å². The third kappa shape index (κ3) is 5.82. The number of nitrogens with two attached hydrogens (primary N) is 1. The predicted octanol–water partition coefficient (Wildman–Crippen LogP) is 1.29. The second-order valence-corrected chi connectivity index (χ2v) is 5.55. The summed E-state index contributed by atoms with van der Waals surface area (Å²) in [7, 11) is 1.76. The summed E-state index contributed by atoms with van der Waals surface area (Å²) in [5.41, 5.74) is 5.56. The lowest BCUT2D eigenvalue weighted by molar-refractivity contribution is -0.0652. The van der Waals surface area contributed by atoms with Crippen LogP contribution in [0.1, 0.15) is 39.5 Å². The summed E-state index contributed by atoms with van der Waals surface area (Å²) < 4.78 is 11.0. The van der Waals surface area contributed by atoms with Gasteiger partial charge in [-0.2, -0.15) is 0 Å². The molecule has 1 aliphatic rings. The van der Waals surface area contributed by atoms with Crippen LogP contribution < -0.4 is 11.1 Å². The molecule has 1 fully saturated rings. The maximum atomic E-state index is 5.73. The van der Waals surface area contributed by atoms with Crippen LogP contribution in [-0.4, -0.2) is 44.6 Å². The molecule has 1 saturated heterocycles. The first-order chi connectivity index (χ1) is 8.07. The first-order valence-electron chi connectivity index (χ1n) is 6.66. The molecule has 0 saturated carbocycles. The van der Waals surface area contributed by atoms with Crippen molar-refractivity contribution in [1.82, 2.24) is 5.32 Å². The van der Waals surface area contributed by atoms with Crippen LogP contribution in [0.25, 0.3) is 0 Å². The Hall–Kier alpha value is -0.160. The first kappa shape index (κ1) is 14.9. The summed E-state index contributed by atoms with van der Waals surface area (Å²) in [6.07, 6.45) is 4.29. The van der Waals surface area contributed by atoms with Crippen molar-refractivity contribution < 1.29 is 9.47 Å². The van der Waals surface area contributed by atoms with E-state index in [0.29, 0.717) is 12.1 Å². The molecule has 2 unspecified atom stereocenters. The second-order valence-electron chi connectivity index (χ2n) is 5.55. The minimum absolute atomic E-state index is 0.00139. The minimum atomic E-state index is 0.00139. The van der Waals surface area contributed by atoms with Crippen LogP contribution in [0.3, 0.4) is 0 Å². The number of nitrogens with one attached hydrogen (secondary N) is 1. The highest BCUT2D eigenvalue weighted by Gasteiger charge is 2.29. The van der Waals surface area contributed by atoms with Crippen LogP contribution in [0.2, 0.25) is 0 Å². The second kappa shape index (κ2) is 7.31. The highest BCUT2D eigenvalue weighted by molar-refractivity contribution is 4.85. The van der Waals surface area contributed by atoms with Crippen molar-refractivity contribution in [3.63, 3.8) is 0 Å². The van der Waals surface area contributed by atoms with Crippen molar-refractivity contribution >= 4 is 0 Å². The topological polar surface area (TPSA) is 56.5 Å². The number of methoxy groups -OCH3 is 1. The summed E-state index contributed by atoms with van der Waals surface area (Å²) in [5, 5.41) is 3.69. The van der Waals surface area contributed by atoms with E-state index < -0.39 is 0 Å². The molecule has 0 bridgehead atoms. The molecule has 0 aliphatic carbocycles. The average molecular weight is 244 g/mol. The molecule has 1 aliphatic heterocycles. The van der Waals surface area contributed by atoms with Gasteiger partial charge in [0, 0.05) is 25.8 Å². The van der Waals surface area contributed by atoms with Crippen molar-refractivity contribution in [2.24, 2.45) is 5.73 Å². The Bertz CT molecular complexity index is 210. The monoisotopic (exact) mass is 244 g/mol. The number of ether oxygens (including phenoxy) is 2. The Morgan fingerprint density at radius 1 is 1.53 bits per heavy atom. The van der Waals surface area contributed by atoms with Gasteiger partial charge in [0.1, 0.15) is 0 Å². The Labute approximate surface area is 105 Å². The minimum Gasteiger partial charge on any atom is -0.383 e. The van der Waals surface area contributed by atoms with Gasteiger partial charge >= 0.3 is 0 Å². The number of hydrogen-bond donors (Lipinski definition) is 2. The molecule has 1 heterocycles. The molecule has 0 aromatic carbocycles. The zero-order chi connectivity index (χ0) is 12.7. The molecule has 3 N–H and O–H groups in total. The summed E-state index contributed by atoms with van der Waals surface area (Å²) in [6.45, 7) is 6.68. The maximum Gasteiger partial charge on any atom is 0.0641 e. The van der Waals surface area contributed by atoms with Gasteiger partial charge in [-0.15, -0.1) is 0 Å². The van der Waals surface area contributed by atoms with Crippen molar-refractivity contribution in [3.05, 3.63) is 0 Å². The van der Waals surface area contributed by atoms with Crippen molar-refractivity contribution in [2.75, 3.05) is 26.9 Å². The lowest BCUT2D eigenvalue weighted by Gasteiger charge is -2.37. The SMILES string of the molecule is COCC(CCCN)NC1CCOC(C)(C)C1. The third-order valence-electron chi connectivity index (χ3n) is 3.29. The van der Waals surface area contributed by atoms with E-state index in [1.165, 1.54) is 0 Å². The number of hydrogen-bond acceptors (Lipinski definition) is 4. The van der Waals surface area contributed by atoms with Gasteiger partial charge in [0.25, 0.3) is 0 Å². The average Bonchev–Trinajstić information content (AvgIpc) is 2.25. The van der Waals surface area contributed by atoms with Crippen LogP contribution in [0.5, 0.6) is 0 Å². The van der Waals surface area contributed by atoms with E-state index in [-0.39, 0.29) is 5.60 Å². The van der Waals surface area contributed by atoms with Gasteiger partial charge in [-0.1, -0.05) is 0 Å². The third-order valence-corrected chi connectivity index (χ3v) is 3.29. The Morgan fingerprint density at radius 3 is 2.88 bits per heavy atom. The van der Waals surface area contributed by atoms with Crippen molar-refractivity contribution in [3.8, 4) is 0 Å². The normalized spacial score (nSPS) is 25.8. The van der Waals surface area contributed by atoms with Gasteiger partial charge in [0.05, 0.1) is 12.2 Å². The molecule has 4 heteroatoms. The van der Waals surface area contributed by atoms with Crippen molar-refractivity contribution in [2.45, 2.75) is 57.2 Å². The van der Waals surface area contributed by atoms with Crippen LogP contribution >= 0.6 is 0 Å². The van der Waals surface area contributed by atoms with Crippen LogP contribution in [-0.2, 0) is 9.47 Å². The molecular weight excluding hydrogens is 216 g/mol. The molecule has 102 valence electrons. The molecular formula is C13H28N2O2. The molecule has 0 aromatic rings. The van der Waals surface area contributed by atoms with Crippen molar-refractivity contribution in [1.29, 1.82) is 0 Å². The van der Waals surface area contributed by atoms with E-state index >= 15 is 0 Å². The van der Waals surface area contributed by atoms with Gasteiger partial charge in [0.15, 0.2) is 0 Å². The fraction of sp³-hybridized carbons (Fsp3) is 1.00. The molecule has 1 rings (SSSR count). The fourth-order valence-electron chi connectivity index (χ4n) is 2.49. The zero-order valence-corrected chi connectivity index (χ0v) is 11.5. The Kier molecular flexibility index (Phi) is 6.41. The van der Waals surface area contributed by atoms with Crippen LogP contribution in [0, 0.1) is 0 Å². The summed E-state index contributed by atoms with van der Waals surface area (Å²) in [5.74, 6) is 0. The Balaban J connectivity index is 2.37. The lowest BCUT2D eigenvalue weighted by atomic mass is 9.93. The van der Waals surface area contributed by atoms with Crippen LogP contribution in [0.4, 0.5) is 0 Å². The molecule has 0 aromatic heterocycles. The van der Waals surface area contributed by atoms with E-state index in [9.17, 15) is 0 Å². The quantitative estimate of drug-likeness (QED) is 0.708. The van der Waals surface area contributed by atoms with Gasteiger partial charge in [-0.05, 0) is 46.1 Å². The van der Waals surface area contributed by atoms with Gasteiger partial charge in [0.2, 0.25) is 0 Å².